The highest BCUT2D eigenvalue weighted by molar-refractivity contribution is 7.89. The number of rotatable bonds is 5. The Morgan fingerprint density at radius 3 is 2.46 bits per heavy atom. The van der Waals surface area contributed by atoms with Crippen LogP contribution in [0.1, 0.15) is 11.6 Å². The quantitative estimate of drug-likeness (QED) is 0.867. The van der Waals surface area contributed by atoms with Crippen molar-refractivity contribution in [2.75, 3.05) is 45.7 Å². The average Bonchev–Trinajstić information content (AvgIpc) is 2.68. The van der Waals surface area contributed by atoms with Crippen LogP contribution < -0.4 is 15.0 Å². The number of anilines is 1. The largest absolute Gasteiger partial charge is 0.496 e. The SMILES string of the molecule is COc1ccccc1C1CNCCN1S(=O)(=O)c1ccc(N(C)C)cc1. The number of benzene rings is 2. The second kappa shape index (κ2) is 7.65. The summed E-state index contributed by atoms with van der Waals surface area (Å²) < 4.78 is 33.6. The van der Waals surface area contributed by atoms with Crippen LogP contribution in [0.3, 0.4) is 0 Å². The zero-order valence-electron chi connectivity index (χ0n) is 15.3. The highest BCUT2D eigenvalue weighted by Crippen LogP contribution is 2.34. The summed E-state index contributed by atoms with van der Waals surface area (Å²) in [6.45, 7) is 1.59. The molecule has 1 heterocycles. The molecule has 1 fully saturated rings. The molecule has 0 radical (unpaired) electrons. The van der Waals surface area contributed by atoms with E-state index in [-0.39, 0.29) is 6.04 Å². The van der Waals surface area contributed by atoms with Crippen LogP contribution in [0, 0.1) is 0 Å². The van der Waals surface area contributed by atoms with Gasteiger partial charge in [0.05, 0.1) is 18.0 Å². The first kappa shape index (κ1) is 18.7. The molecule has 3 rings (SSSR count). The molecule has 0 bridgehead atoms. The molecule has 6 nitrogen and oxygen atoms in total. The van der Waals surface area contributed by atoms with Crippen molar-refractivity contribution in [3.63, 3.8) is 0 Å². The highest BCUT2D eigenvalue weighted by atomic mass is 32.2. The lowest BCUT2D eigenvalue weighted by atomic mass is 10.0. The molecule has 26 heavy (non-hydrogen) atoms. The Balaban J connectivity index is 1.98. The minimum absolute atomic E-state index is 0.307. The normalized spacial score (nSPS) is 18.5. The molecule has 0 spiro atoms. The number of methoxy groups -OCH3 is 1. The molecular weight excluding hydrogens is 350 g/mol. The first-order chi connectivity index (χ1) is 12.4. The first-order valence-corrected chi connectivity index (χ1v) is 10.0. The minimum Gasteiger partial charge on any atom is -0.496 e. The van der Waals surface area contributed by atoms with Gasteiger partial charge in [-0.25, -0.2) is 8.42 Å². The molecule has 0 aromatic heterocycles. The second-order valence-corrected chi connectivity index (χ2v) is 8.36. The lowest BCUT2D eigenvalue weighted by molar-refractivity contribution is 0.264. The minimum atomic E-state index is -3.61. The topological polar surface area (TPSA) is 61.9 Å². The standard InChI is InChI=1S/C19H25N3O3S/c1-21(2)15-8-10-16(11-9-15)26(23,24)22-13-12-20-14-18(22)17-6-4-5-7-19(17)25-3/h4-11,18,20H,12-14H2,1-3H3. The summed E-state index contributed by atoms with van der Waals surface area (Å²) in [7, 11) is 1.85. The van der Waals surface area contributed by atoms with Crippen molar-refractivity contribution in [3.8, 4) is 5.75 Å². The third kappa shape index (κ3) is 3.56. The third-order valence-electron chi connectivity index (χ3n) is 4.65. The van der Waals surface area contributed by atoms with Gasteiger partial charge in [-0.2, -0.15) is 4.31 Å². The van der Waals surface area contributed by atoms with Gasteiger partial charge in [0.25, 0.3) is 0 Å². The van der Waals surface area contributed by atoms with Crippen LogP contribution in [0.25, 0.3) is 0 Å². The van der Waals surface area contributed by atoms with Gasteiger partial charge < -0.3 is 15.0 Å². The van der Waals surface area contributed by atoms with Crippen molar-refractivity contribution in [2.45, 2.75) is 10.9 Å². The Labute approximate surface area is 155 Å². The van der Waals surface area contributed by atoms with Crippen molar-refractivity contribution < 1.29 is 13.2 Å². The van der Waals surface area contributed by atoms with Gasteiger partial charge in [-0.1, -0.05) is 18.2 Å². The molecule has 1 atom stereocenters. The number of nitrogens with zero attached hydrogens (tertiary/aromatic N) is 2. The fraction of sp³-hybridized carbons (Fsp3) is 0.368. The summed E-state index contributed by atoms with van der Waals surface area (Å²) in [4.78, 5) is 2.25. The molecule has 1 unspecified atom stereocenters. The van der Waals surface area contributed by atoms with Crippen LogP contribution >= 0.6 is 0 Å². The van der Waals surface area contributed by atoms with Gasteiger partial charge in [0.15, 0.2) is 0 Å². The molecular formula is C19H25N3O3S. The molecule has 2 aromatic carbocycles. The van der Waals surface area contributed by atoms with Crippen molar-refractivity contribution in [1.29, 1.82) is 0 Å². The number of nitrogens with one attached hydrogen (secondary N) is 1. The van der Waals surface area contributed by atoms with E-state index in [4.69, 9.17) is 4.74 Å². The number of ether oxygens (including phenoxy) is 1. The van der Waals surface area contributed by atoms with E-state index in [1.54, 1.807) is 23.5 Å². The Kier molecular flexibility index (Phi) is 5.50. The zero-order chi connectivity index (χ0) is 18.7. The first-order valence-electron chi connectivity index (χ1n) is 8.58. The molecule has 7 heteroatoms. The monoisotopic (exact) mass is 375 g/mol. The summed E-state index contributed by atoms with van der Waals surface area (Å²) in [6.07, 6.45) is 0. The predicted molar refractivity (Wildman–Crippen MR) is 103 cm³/mol. The van der Waals surface area contributed by atoms with E-state index in [1.807, 2.05) is 55.4 Å². The van der Waals surface area contributed by atoms with Gasteiger partial charge >= 0.3 is 0 Å². The fourth-order valence-corrected chi connectivity index (χ4v) is 4.84. The van der Waals surface area contributed by atoms with Crippen LogP contribution in [0.4, 0.5) is 5.69 Å². The van der Waals surface area contributed by atoms with Crippen LogP contribution in [-0.2, 0) is 10.0 Å². The number of piperazine rings is 1. The number of para-hydroxylation sites is 1. The second-order valence-electron chi connectivity index (χ2n) is 6.47. The smallest absolute Gasteiger partial charge is 0.243 e. The summed E-state index contributed by atoms with van der Waals surface area (Å²) in [5.74, 6) is 0.698. The van der Waals surface area contributed by atoms with E-state index in [9.17, 15) is 8.42 Å². The van der Waals surface area contributed by atoms with Crippen molar-refractivity contribution in [2.24, 2.45) is 0 Å². The fourth-order valence-electron chi connectivity index (χ4n) is 3.23. The summed E-state index contributed by atoms with van der Waals surface area (Å²) >= 11 is 0. The Morgan fingerprint density at radius 1 is 1.12 bits per heavy atom. The number of hydrogen-bond acceptors (Lipinski definition) is 5. The molecule has 2 aromatic rings. The van der Waals surface area contributed by atoms with Crippen LogP contribution in [0.2, 0.25) is 0 Å². The molecule has 1 aliphatic heterocycles. The Hall–Kier alpha value is -2.09. The van der Waals surface area contributed by atoms with Crippen LogP contribution in [0.15, 0.2) is 53.4 Å². The van der Waals surface area contributed by atoms with Gasteiger partial charge in [0.2, 0.25) is 10.0 Å². The maximum Gasteiger partial charge on any atom is 0.243 e. The van der Waals surface area contributed by atoms with Gasteiger partial charge in [-0.3, -0.25) is 0 Å². The lowest BCUT2D eigenvalue weighted by Gasteiger charge is -2.36. The molecule has 1 aliphatic rings. The van der Waals surface area contributed by atoms with E-state index < -0.39 is 10.0 Å². The van der Waals surface area contributed by atoms with Gasteiger partial charge in [-0.15, -0.1) is 0 Å². The Morgan fingerprint density at radius 2 is 1.81 bits per heavy atom. The average molecular weight is 375 g/mol. The van der Waals surface area contributed by atoms with Crippen LogP contribution in [0.5, 0.6) is 5.75 Å². The zero-order valence-corrected chi connectivity index (χ0v) is 16.2. The lowest BCUT2D eigenvalue weighted by Crippen LogP contribution is -2.48. The van der Waals surface area contributed by atoms with Crippen molar-refractivity contribution in [3.05, 3.63) is 54.1 Å². The van der Waals surface area contributed by atoms with E-state index in [2.05, 4.69) is 5.32 Å². The van der Waals surface area contributed by atoms with Gasteiger partial charge in [0, 0.05) is 45.0 Å². The van der Waals surface area contributed by atoms with E-state index >= 15 is 0 Å². The maximum absolute atomic E-state index is 13.3. The molecule has 140 valence electrons. The van der Waals surface area contributed by atoms with E-state index in [0.29, 0.717) is 30.3 Å². The van der Waals surface area contributed by atoms with Gasteiger partial charge in [-0.05, 0) is 30.3 Å². The predicted octanol–water partition coefficient (Wildman–Crippen LogP) is 2.10. The Bertz CT molecular complexity index is 851. The van der Waals surface area contributed by atoms with E-state index in [0.717, 1.165) is 11.3 Å². The summed E-state index contributed by atoms with van der Waals surface area (Å²) in [6, 6.07) is 14.3. The maximum atomic E-state index is 13.3. The molecule has 0 saturated carbocycles. The summed E-state index contributed by atoms with van der Waals surface area (Å²) in [5, 5.41) is 3.29. The third-order valence-corrected chi connectivity index (χ3v) is 6.57. The molecule has 0 amide bonds. The number of sulfonamides is 1. The van der Waals surface area contributed by atoms with Crippen molar-refractivity contribution >= 4 is 15.7 Å². The van der Waals surface area contributed by atoms with Crippen molar-refractivity contribution in [1.82, 2.24) is 9.62 Å². The van der Waals surface area contributed by atoms with Gasteiger partial charge in [0.1, 0.15) is 5.75 Å². The molecule has 0 aliphatic carbocycles. The highest BCUT2D eigenvalue weighted by Gasteiger charge is 2.35. The van der Waals surface area contributed by atoms with E-state index in [1.165, 1.54) is 0 Å². The summed E-state index contributed by atoms with van der Waals surface area (Å²) in [5.41, 5.74) is 1.83. The van der Waals surface area contributed by atoms with Crippen LogP contribution in [-0.4, -0.2) is 53.6 Å². The molecule has 1 saturated heterocycles. The number of hydrogen-bond donors (Lipinski definition) is 1. The molecule has 1 N–H and O–H groups in total.